The van der Waals surface area contributed by atoms with Crippen LogP contribution < -0.4 is 5.32 Å². The van der Waals surface area contributed by atoms with E-state index in [1.54, 1.807) is 18.4 Å². The molecule has 3 rings (SSSR count). The molecule has 146 valence electrons. The number of benzene rings is 2. The SMILES string of the molecule is Cc1ccc(-n2c(C)nnc2S[C@@H](C)C(=O)Nc2ccc(F)c(F)c2F)cc1. The average Bonchev–Trinajstić information content (AvgIpc) is 3.03. The fraction of sp³-hybridized carbons (Fsp3) is 0.211. The third-order valence-electron chi connectivity index (χ3n) is 4.03. The third kappa shape index (κ3) is 4.04. The molecule has 9 heteroatoms. The van der Waals surface area contributed by atoms with E-state index in [-0.39, 0.29) is 0 Å². The number of hydrogen-bond acceptors (Lipinski definition) is 4. The van der Waals surface area contributed by atoms with Crippen LogP contribution in [0.4, 0.5) is 18.9 Å². The Morgan fingerprint density at radius 2 is 1.71 bits per heavy atom. The topological polar surface area (TPSA) is 59.8 Å². The highest BCUT2D eigenvalue weighted by molar-refractivity contribution is 8.00. The second-order valence-electron chi connectivity index (χ2n) is 6.17. The summed E-state index contributed by atoms with van der Waals surface area (Å²) in [6.07, 6.45) is 0. The van der Waals surface area contributed by atoms with Crippen LogP contribution in [-0.4, -0.2) is 25.9 Å². The van der Waals surface area contributed by atoms with Crippen LogP contribution in [0, 0.1) is 31.3 Å². The molecule has 1 N–H and O–H groups in total. The molecule has 1 atom stereocenters. The molecule has 3 aromatic rings. The van der Waals surface area contributed by atoms with Crippen molar-refractivity contribution in [3.05, 3.63) is 65.2 Å². The summed E-state index contributed by atoms with van der Waals surface area (Å²) in [7, 11) is 0. The Balaban J connectivity index is 1.78. The smallest absolute Gasteiger partial charge is 0.237 e. The molecule has 0 saturated heterocycles. The molecule has 28 heavy (non-hydrogen) atoms. The predicted octanol–water partition coefficient (Wildman–Crippen LogP) is 4.42. The maximum atomic E-state index is 13.8. The Morgan fingerprint density at radius 1 is 1.04 bits per heavy atom. The molecule has 0 saturated carbocycles. The zero-order valence-electron chi connectivity index (χ0n) is 15.3. The van der Waals surface area contributed by atoms with Crippen molar-refractivity contribution in [2.45, 2.75) is 31.2 Å². The number of hydrogen-bond donors (Lipinski definition) is 1. The number of aromatic nitrogens is 3. The Hall–Kier alpha value is -2.81. The van der Waals surface area contributed by atoms with Crippen molar-refractivity contribution in [3.63, 3.8) is 0 Å². The van der Waals surface area contributed by atoms with Gasteiger partial charge in [0.05, 0.1) is 10.9 Å². The number of thioether (sulfide) groups is 1. The zero-order chi connectivity index (χ0) is 20.4. The first-order valence-corrected chi connectivity index (χ1v) is 9.26. The van der Waals surface area contributed by atoms with Gasteiger partial charge in [0, 0.05) is 5.69 Å². The molecule has 1 aromatic heterocycles. The molecule has 0 unspecified atom stereocenters. The fourth-order valence-electron chi connectivity index (χ4n) is 2.48. The van der Waals surface area contributed by atoms with E-state index in [9.17, 15) is 18.0 Å². The van der Waals surface area contributed by atoms with Crippen LogP contribution in [0.15, 0.2) is 41.6 Å². The van der Waals surface area contributed by atoms with Crippen LogP contribution in [0.5, 0.6) is 0 Å². The first-order chi connectivity index (χ1) is 13.3. The number of rotatable bonds is 5. The van der Waals surface area contributed by atoms with Gasteiger partial charge in [-0.2, -0.15) is 0 Å². The van der Waals surface area contributed by atoms with E-state index in [1.165, 1.54) is 0 Å². The molecule has 1 heterocycles. The van der Waals surface area contributed by atoms with E-state index < -0.39 is 34.3 Å². The molecule has 0 spiro atoms. The highest BCUT2D eigenvalue weighted by Crippen LogP contribution is 2.27. The van der Waals surface area contributed by atoms with Gasteiger partial charge in [0.25, 0.3) is 0 Å². The molecular weight excluding hydrogens is 389 g/mol. The molecule has 5 nitrogen and oxygen atoms in total. The van der Waals surface area contributed by atoms with E-state index in [0.29, 0.717) is 11.0 Å². The summed E-state index contributed by atoms with van der Waals surface area (Å²) >= 11 is 1.12. The van der Waals surface area contributed by atoms with E-state index >= 15 is 0 Å². The lowest BCUT2D eigenvalue weighted by Gasteiger charge is -2.14. The quantitative estimate of drug-likeness (QED) is 0.503. The summed E-state index contributed by atoms with van der Waals surface area (Å²) in [6.45, 7) is 5.36. The molecule has 0 radical (unpaired) electrons. The molecule has 0 bridgehead atoms. The zero-order valence-corrected chi connectivity index (χ0v) is 16.1. The monoisotopic (exact) mass is 406 g/mol. The van der Waals surface area contributed by atoms with Crippen LogP contribution in [0.2, 0.25) is 0 Å². The molecule has 0 aliphatic heterocycles. The summed E-state index contributed by atoms with van der Waals surface area (Å²) in [6, 6.07) is 9.45. The first-order valence-electron chi connectivity index (χ1n) is 8.38. The van der Waals surface area contributed by atoms with E-state index in [0.717, 1.165) is 35.1 Å². The predicted molar refractivity (Wildman–Crippen MR) is 101 cm³/mol. The van der Waals surface area contributed by atoms with Gasteiger partial charge in [-0.15, -0.1) is 10.2 Å². The largest absolute Gasteiger partial charge is 0.323 e. The molecule has 0 fully saturated rings. The molecule has 0 aliphatic carbocycles. The second-order valence-corrected chi connectivity index (χ2v) is 7.48. The normalized spacial score (nSPS) is 12.1. The minimum absolute atomic E-state index is 0.424. The second kappa shape index (κ2) is 8.05. The van der Waals surface area contributed by atoms with E-state index in [4.69, 9.17) is 0 Å². The van der Waals surface area contributed by atoms with Crippen LogP contribution in [0.3, 0.4) is 0 Å². The lowest BCUT2D eigenvalue weighted by molar-refractivity contribution is -0.115. The maximum absolute atomic E-state index is 13.8. The molecule has 0 aliphatic rings. The summed E-state index contributed by atoms with van der Waals surface area (Å²) in [5.74, 6) is -4.33. The van der Waals surface area contributed by atoms with Crippen molar-refractivity contribution >= 4 is 23.4 Å². The number of amides is 1. The van der Waals surface area contributed by atoms with Crippen LogP contribution in [-0.2, 0) is 4.79 Å². The highest BCUT2D eigenvalue weighted by atomic mass is 32.2. The number of nitrogens with one attached hydrogen (secondary N) is 1. The number of aryl methyl sites for hydroxylation is 2. The van der Waals surface area contributed by atoms with Crippen molar-refractivity contribution in [2.75, 3.05) is 5.32 Å². The Labute approximate surface area is 164 Å². The fourth-order valence-corrected chi connectivity index (χ4v) is 3.39. The van der Waals surface area contributed by atoms with Crippen molar-refractivity contribution in [1.29, 1.82) is 0 Å². The van der Waals surface area contributed by atoms with Gasteiger partial charge in [0.2, 0.25) is 5.91 Å². The standard InChI is InChI=1S/C19H17F3N4OS/c1-10-4-6-13(7-5-10)26-12(3)24-25-19(26)28-11(2)18(27)23-15-9-8-14(20)16(21)17(15)22/h4-9,11H,1-3H3,(H,23,27)/t11-/m0/s1. The number of carbonyl (C=O) groups excluding carboxylic acids is 1. The van der Waals surface area contributed by atoms with Gasteiger partial charge < -0.3 is 5.32 Å². The minimum atomic E-state index is -1.63. The van der Waals surface area contributed by atoms with Crippen molar-refractivity contribution in [1.82, 2.24) is 14.8 Å². The van der Waals surface area contributed by atoms with Crippen molar-refractivity contribution < 1.29 is 18.0 Å². The van der Waals surface area contributed by atoms with Crippen molar-refractivity contribution in [3.8, 4) is 5.69 Å². The number of halogens is 3. The van der Waals surface area contributed by atoms with Crippen LogP contribution in [0.25, 0.3) is 5.69 Å². The highest BCUT2D eigenvalue weighted by Gasteiger charge is 2.22. The molecule has 2 aromatic carbocycles. The van der Waals surface area contributed by atoms with Gasteiger partial charge in [-0.1, -0.05) is 29.5 Å². The summed E-state index contributed by atoms with van der Waals surface area (Å²) in [4.78, 5) is 12.4. The third-order valence-corrected chi connectivity index (χ3v) is 5.07. The molecule has 1 amide bonds. The number of anilines is 1. The van der Waals surface area contributed by atoms with Crippen LogP contribution >= 0.6 is 11.8 Å². The summed E-state index contributed by atoms with van der Waals surface area (Å²) in [5.41, 5.74) is 1.52. The van der Waals surface area contributed by atoms with Gasteiger partial charge in [-0.25, -0.2) is 13.2 Å². The lowest BCUT2D eigenvalue weighted by atomic mass is 10.2. The van der Waals surface area contributed by atoms with Crippen molar-refractivity contribution in [2.24, 2.45) is 0 Å². The Bertz CT molecular complexity index is 1020. The first kappa shape index (κ1) is 19.9. The number of nitrogens with zero attached hydrogens (tertiary/aromatic N) is 3. The van der Waals surface area contributed by atoms with Crippen LogP contribution in [0.1, 0.15) is 18.3 Å². The Kier molecular flexibility index (Phi) is 5.73. The van der Waals surface area contributed by atoms with Gasteiger partial charge in [0.15, 0.2) is 22.6 Å². The molecular formula is C19H17F3N4OS. The van der Waals surface area contributed by atoms with Gasteiger partial charge in [-0.05, 0) is 45.0 Å². The van der Waals surface area contributed by atoms with Gasteiger partial charge in [-0.3, -0.25) is 9.36 Å². The van der Waals surface area contributed by atoms with Gasteiger partial charge >= 0.3 is 0 Å². The lowest BCUT2D eigenvalue weighted by Crippen LogP contribution is -2.23. The van der Waals surface area contributed by atoms with Gasteiger partial charge in [0.1, 0.15) is 5.82 Å². The average molecular weight is 406 g/mol. The maximum Gasteiger partial charge on any atom is 0.237 e. The summed E-state index contributed by atoms with van der Waals surface area (Å²) < 4.78 is 41.9. The van der Waals surface area contributed by atoms with E-state index in [2.05, 4.69) is 15.5 Å². The van der Waals surface area contributed by atoms with E-state index in [1.807, 2.05) is 31.2 Å². The Morgan fingerprint density at radius 3 is 2.39 bits per heavy atom. The number of carbonyl (C=O) groups is 1. The summed E-state index contributed by atoms with van der Waals surface area (Å²) in [5, 5.41) is 10.2. The minimum Gasteiger partial charge on any atom is -0.323 e.